The highest BCUT2D eigenvalue weighted by Gasteiger charge is 2.34. The van der Waals surface area contributed by atoms with Crippen LogP contribution in [0.25, 0.3) is 17.0 Å². The average molecular weight is 409 g/mol. The van der Waals surface area contributed by atoms with Gasteiger partial charge >= 0.3 is 0 Å². The number of halogens is 1. The molecular weight excluding hydrogens is 389 g/mol. The third kappa shape index (κ3) is 3.49. The predicted octanol–water partition coefficient (Wildman–Crippen LogP) is 4.15. The number of nitrogens with one attached hydrogen (secondary N) is 1. The molecule has 3 aromatic heterocycles. The molecule has 0 amide bonds. The van der Waals surface area contributed by atoms with Crippen molar-refractivity contribution in [3.8, 4) is 11.4 Å². The van der Waals surface area contributed by atoms with Crippen molar-refractivity contribution in [1.29, 1.82) is 0 Å². The van der Waals surface area contributed by atoms with E-state index in [9.17, 15) is 4.39 Å². The van der Waals surface area contributed by atoms with E-state index in [-0.39, 0.29) is 11.2 Å². The largest absolute Gasteiger partial charge is 0.381 e. The quantitative estimate of drug-likeness (QED) is 0.536. The van der Waals surface area contributed by atoms with Crippen LogP contribution in [-0.2, 0) is 10.2 Å². The third-order valence-electron chi connectivity index (χ3n) is 5.56. The summed E-state index contributed by atoms with van der Waals surface area (Å²) in [5.74, 6) is 1.26. The average Bonchev–Trinajstić information content (AvgIpc) is 3.43. The van der Waals surface area contributed by atoms with Crippen LogP contribution < -0.4 is 5.32 Å². The smallest absolute Gasteiger partial charge is 0.186 e. The molecular formula is C21H20FN5OS. The maximum absolute atomic E-state index is 13.4. The van der Waals surface area contributed by atoms with Gasteiger partial charge in [0, 0.05) is 36.1 Å². The topological polar surface area (TPSA) is 64.3 Å². The van der Waals surface area contributed by atoms with E-state index in [0.29, 0.717) is 25.4 Å². The Balaban J connectivity index is 1.43. The number of rotatable bonds is 5. The molecule has 1 aliphatic rings. The van der Waals surface area contributed by atoms with Crippen LogP contribution in [0.2, 0.25) is 0 Å². The van der Waals surface area contributed by atoms with E-state index in [1.54, 1.807) is 15.9 Å². The van der Waals surface area contributed by atoms with E-state index in [4.69, 9.17) is 9.84 Å². The molecule has 29 heavy (non-hydrogen) atoms. The number of nitrogens with zero attached hydrogens (tertiary/aromatic N) is 4. The number of fused-ring (bicyclic) bond motifs is 1. The van der Waals surface area contributed by atoms with Crippen molar-refractivity contribution in [3.05, 3.63) is 64.6 Å². The Hall–Kier alpha value is -2.84. The Morgan fingerprint density at radius 3 is 2.66 bits per heavy atom. The normalized spacial score (nSPS) is 16.2. The summed E-state index contributed by atoms with van der Waals surface area (Å²) in [5, 5.41) is 20.7. The summed E-state index contributed by atoms with van der Waals surface area (Å²) in [5.41, 5.74) is 2.71. The van der Waals surface area contributed by atoms with Crippen molar-refractivity contribution in [2.75, 3.05) is 25.1 Å². The molecule has 0 bridgehead atoms. The van der Waals surface area contributed by atoms with Gasteiger partial charge in [-0.3, -0.25) is 0 Å². The summed E-state index contributed by atoms with van der Waals surface area (Å²) >= 11 is 1.61. The zero-order chi connectivity index (χ0) is 19.7. The Morgan fingerprint density at radius 2 is 1.90 bits per heavy atom. The fourth-order valence-electron chi connectivity index (χ4n) is 3.85. The van der Waals surface area contributed by atoms with Gasteiger partial charge in [0.2, 0.25) is 0 Å². The highest BCUT2D eigenvalue weighted by Crippen LogP contribution is 2.35. The first-order valence-electron chi connectivity index (χ1n) is 9.56. The molecule has 0 radical (unpaired) electrons. The molecule has 8 heteroatoms. The molecule has 0 saturated carbocycles. The van der Waals surface area contributed by atoms with Gasteiger partial charge in [-0.1, -0.05) is 12.1 Å². The van der Waals surface area contributed by atoms with Gasteiger partial charge in [-0.2, -0.15) is 15.9 Å². The summed E-state index contributed by atoms with van der Waals surface area (Å²) in [6.45, 7) is 2.08. The summed E-state index contributed by atoms with van der Waals surface area (Å²) in [6.07, 6.45) is 1.75. The zero-order valence-electron chi connectivity index (χ0n) is 15.7. The molecule has 1 aliphatic heterocycles. The minimum absolute atomic E-state index is 0.119. The second-order valence-electron chi connectivity index (χ2n) is 7.28. The van der Waals surface area contributed by atoms with Crippen LogP contribution in [0.4, 0.5) is 10.2 Å². The Kier molecular flexibility index (Phi) is 4.73. The molecule has 1 fully saturated rings. The van der Waals surface area contributed by atoms with Crippen molar-refractivity contribution in [2.24, 2.45) is 0 Å². The first-order chi connectivity index (χ1) is 14.2. The lowest BCUT2D eigenvalue weighted by Crippen LogP contribution is -2.40. The van der Waals surface area contributed by atoms with Crippen molar-refractivity contribution in [2.45, 2.75) is 18.3 Å². The minimum atomic E-state index is -0.218. The van der Waals surface area contributed by atoms with Crippen LogP contribution in [0.15, 0.2) is 53.2 Å². The highest BCUT2D eigenvalue weighted by atomic mass is 32.1. The SMILES string of the molecule is Fc1ccc(C2(CNc3ccc4nnc(-c5ccsc5)n4n3)CCOCC2)cc1. The molecule has 0 spiro atoms. The van der Waals surface area contributed by atoms with Gasteiger partial charge in [0.15, 0.2) is 11.5 Å². The van der Waals surface area contributed by atoms with Gasteiger partial charge in [0.25, 0.3) is 0 Å². The highest BCUT2D eigenvalue weighted by molar-refractivity contribution is 7.08. The zero-order valence-corrected chi connectivity index (χ0v) is 16.5. The number of ether oxygens (including phenoxy) is 1. The van der Waals surface area contributed by atoms with Gasteiger partial charge in [-0.05, 0) is 54.1 Å². The van der Waals surface area contributed by atoms with Crippen molar-refractivity contribution < 1.29 is 9.13 Å². The second kappa shape index (κ2) is 7.53. The van der Waals surface area contributed by atoms with E-state index < -0.39 is 0 Å². The van der Waals surface area contributed by atoms with E-state index in [1.807, 2.05) is 41.1 Å². The van der Waals surface area contributed by atoms with Crippen molar-refractivity contribution in [1.82, 2.24) is 19.8 Å². The van der Waals surface area contributed by atoms with Gasteiger partial charge < -0.3 is 10.1 Å². The number of benzene rings is 1. The van der Waals surface area contributed by atoms with Crippen LogP contribution >= 0.6 is 11.3 Å². The number of aromatic nitrogens is 4. The standard InChI is InChI=1S/C21H20FN5OS/c22-17-3-1-16(2-4-17)21(8-10-28-11-9-21)14-23-18-5-6-19-24-25-20(27(19)26-18)15-7-12-29-13-15/h1-7,12-13H,8-11,14H2,(H,23,26). The number of hydrogen-bond donors (Lipinski definition) is 1. The van der Waals surface area contributed by atoms with E-state index in [2.05, 4.69) is 15.5 Å². The van der Waals surface area contributed by atoms with E-state index in [1.165, 1.54) is 12.1 Å². The molecule has 0 unspecified atom stereocenters. The fourth-order valence-corrected chi connectivity index (χ4v) is 4.48. The van der Waals surface area contributed by atoms with Crippen LogP contribution in [-0.4, -0.2) is 39.6 Å². The number of anilines is 1. The van der Waals surface area contributed by atoms with Gasteiger partial charge in [-0.25, -0.2) is 4.39 Å². The molecule has 6 nitrogen and oxygen atoms in total. The molecule has 1 saturated heterocycles. The predicted molar refractivity (Wildman–Crippen MR) is 111 cm³/mol. The van der Waals surface area contributed by atoms with Crippen LogP contribution in [0.3, 0.4) is 0 Å². The lowest BCUT2D eigenvalue weighted by molar-refractivity contribution is 0.0543. The maximum atomic E-state index is 13.4. The van der Waals surface area contributed by atoms with Gasteiger partial charge in [-0.15, -0.1) is 15.3 Å². The van der Waals surface area contributed by atoms with Crippen molar-refractivity contribution in [3.63, 3.8) is 0 Å². The fraction of sp³-hybridized carbons (Fsp3) is 0.286. The molecule has 4 heterocycles. The number of thiophene rings is 1. The molecule has 1 N–H and O–H groups in total. The molecule has 0 aliphatic carbocycles. The molecule has 1 aromatic carbocycles. The van der Waals surface area contributed by atoms with Crippen LogP contribution in [0.5, 0.6) is 0 Å². The monoisotopic (exact) mass is 409 g/mol. The Labute approximate surface area is 171 Å². The maximum Gasteiger partial charge on any atom is 0.186 e. The van der Waals surface area contributed by atoms with Crippen molar-refractivity contribution >= 4 is 22.8 Å². The second-order valence-corrected chi connectivity index (χ2v) is 8.06. The van der Waals surface area contributed by atoms with Crippen LogP contribution in [0, 0.1) is 5.82 Å². The summed E-state index contributed by atoms with van der Waals surface area (Å²) in [7, 11) is 0. The lowest BCUT2D eigenvalue weighted by Gasteiger charge is -2.38. The summed E-state index contributed by atoms with van der Waals surface area (Å²) in [4.78, 5) is 0. The lowest BCUT2D eigenvalue weighted by atomic mass is 9.74. The first-order valence-corrected chi connectivity index (χ1v) is 10.5. The number of hydrogen-bond acceptors (Lipinski definition) is 6. The Bertz CT molecular complexity index is 1100. The first kappa shape index (κ1) is 18.2. The third-order valence-corrected chi connectivity index (χ3v) is 6.24. The molecule has 148 valence electrons. The molecule has 0 atom stereocenters. The summed E-state index contributed by atoms with van der Waals surface area (Å²) < 4.78 is 20.8. The minimum Gasteiger partial charge on any atom is -0.381 e. The molecule has 4 aromatic rings. The van der Waals surface area contributed by atoms with Crippen LogP contribution in [0.1, 0.15) is 18.4 Å². The van der Waals surface area contributed by atoms with Gasteiger partial charge in [0.05, 0.1) is 0 Å². The van der Waals surface area contributed by atoms with E-state index in [0.717, 1.165) is 35.6 Å². The Morgan fingerprint density at radius 1 is 1.07 bits per heavy atom. The van der Waals surface area contributed by atoms with Gasteiger partial charge in [0.1, 0.15) is 11.6 Å². The molecule has 5 rings (SSSR count). The van der Waals surface area contributed by atoms with E-state index >= 15 is 0 Å². The summed E-state index contributed by atoms with van der Waals surface area (Å²) in [6, 6.07) is 12.7.